The molecule has 0 aliphatic carbocycles. The van der Waals surface area contributed by atoms with Gasteiger partial charge in [-0.3, -0.25) is 0 Å². The average Bonchev–Trinajstić information content (AvgIpc) is 2.89. The van der Waals surface area contributed by atoms with Crippen LogP contribution in [0.4, 0.5) is 0 Å². The fourth-order valence-electron chi connectivity index (χ4n) is 2.51. The summed E-state index contributed by atoms with van der Waals surface area (Å²) in [6.07, 6.45) is 2.52. The number of ether oxygens (including phenoxy) is 1. The van der Waals surface area contributed by atoms with Crippen LogP contribution < -0.4 is 9.30 Å². The molecule has 0 bridgehead atoms. The molecule has 2 nitrogen and oxygen atoms in total. The van der Waals surface area contributed by atoms with Crippen molar-refractivity contribution in [2.45, 2.75) is 26.3 Å². The number of fused-ring (bicyclic) bond motifs is 1. The van der Waals surface area contributed by atoms with Crippen molar-refractivity contribution in [1.29, 1.82) is 0 Å². The zero-order chi connectivity index (χ0) is 11.8. The summed E-state index contributed by atoms with van der Waals surface area (Å²) in [5, 5.41) is 1.52. The van der Waals surface area contributed by atoms with Crippen molar-refractivity contribution < 1.29 is 9.30 Å². The largest absolute Gasteiger partial charge is 0.497 e. The molecule has 0 atom stereocenters. The summed E-state index contributed by atoms with van der Waals surface area (Å²) in [7, 11) is 1.71. The van der Waals surface area contributed by atoms with Crippen LogP contribution in [0.1, 0.15) is 16.3 Å². The Labute approximate surface area is 105 Å². The third-order valence-corrected chi connectivity index (χ3v) is 4.47. The fraction of sp³-hybridized carbons (Fsp3) is 0.357. The molecule has 88 valence electrons. The van der Waals surface area contributed by atoms with E-state index in [0.29, 0.717) is 0 Å². The molecule has 0 saturated heterocycles. The minimum absolute atomic E-state index is 0.920. The van der Waals surface area contributed by atoms with Gasteiger partial charge in [-0.2, -0.15) is 4.57 Å². The summed E-state index contributed by atoms with van der Waals surface area (Å²) in [5.41, 5.74) is 2.69. The van der Waals surface area contributed by atoms with Crippen molar-refractivity contribution in [2.75, 3.05) is 7.11 Å². The van der Waals surface area contributed by atoms with E-state index < -0.39 is 0 Å². The lowest BCUT2D eigenvalue weighted by Gasteiger charge is -2.01. The van der Waals surface area contributed by atoms with Crippen LogP contribution in [0.25, 0.3) is 11.3 Å². The van der Waals surface area contributed by atoms with E-state index in [2.05, 4.69) is 23.6 Å². The van der Waals surface area contributed by atoms with Gasteiger partial charge in [0, 0.05) is 18.4 Å². The molecule has 1 aliphatic rings. The zero-order valence-electron chi connectivity index (χ0n) is 10.2. The molecule has 1 aliphatic heterocycles. The van der Waals surface area contributed by atoms with E-state index in [4.69, 9.17) is 4.74 Å². The summed E-state index contributed by atoms with van der Waals surface area (Å²) < 4.78 is 7.68. The van der Waals surface area contributed by atoms with Crippen LogP contribution in [0.3, 0.4) is 0 Å². The molecule has 0 N–H and O–H groups in total. The lowest BCUT2D eigenvalue weighted by molar-refractivity contribution is -0.675. The van der Waals surface area contributed by atoms with Crippen molar-refractivity contribution in [3.8, 4) is 17.0 Å². The first-order valence-electron chi connectivity index (χ1n) is 5.96. The van der Waals surface area contributed by atoms with Gasteiger partial charge in [0.1, 0.15) is 5.75 Å². The molecule has 0 saturated carbocycles. The smallest absolute Gasteiger partial charge is 0.238 e. The SMILES string of the molecule is COc1ccc(-c2c(C)sc3[n+]2CCC3)cc1. The third-order valence-electron chi connectivity index (χ3n) is 3.31. The number of benzene rings is 1. The highest BCUT2D eigenvalue weighted by atomic mass is 32.1. The van der Waals surface area contributed by atoms with Gasteiger partial charge in [-0.05, 0) is 31.2 Å². The van der Waals surface area contributed by atoms with Gasteiger partial charge in [0.05, 0.1) is 12.0 Å². The van der Waals surface area contributed by atoms with E-state index in [1.54, 1.807) is 7.11 Å². The summed E-state index contributed by atoms with van der Waals surface area (Å²) in [5.74, 6) is 0.920. The highest BCUT2D eigenvalue weighted by molar-refractivity contribution is 7.11. The van der Waals surface area contributed by atoms with Gasteiger partial charge in [0.25, 0.3) is 0 Å². The lowest BCUT2D eigenvalue weighted by atomic mass is 10.1. The predicted octanol–water partition coefficient (Wildman–Crippen LogP) is 2.97. The van der Waals surface area contributed by atoms with Gasteiger partial charge >= 0.3 is 0 Å². The van der Waals surface area contributed by atoms with Crippen LogP contribution in [0.15, 0.2) is 24.3 Å². The van der Waals surface area contributed by atoms with E-state index in [9.17, 15) is 0 Å². The molecule has 0 spiro atoms. The first-order valence-corrected chi connectivity index (χ1v) is 6.78. The molecule has 1 aromatic carbocycles. The van der Waals surface area contributed by atoms with Crippen LogP contribution in [-0.2, 0) is 13.0 Å². The maximum absolute atomic E-state index is 5.21. The minimum atomic E-state index is 0.920. The Hall–Kier alpha value is -1.35. The molecule has 2 aromatic rings. The van der Waals surface area contributed by atoms with Crippen molar-refractivity contribution >= 4 is 11.3 Å². The van der Waals surface area contributed by atoms with Gasteiger partial charge in [-0.25, -0.2) is 0 Å². The summed E-state index contributed by atoms with van der Waals surface area (Å²) in [6.45, 7) is 3.39. The first kappa shape index (κ1) is 10.8. The molecule has 3 heteroatoms. The van der Waals surface area contributed by atoms with E-state index >= 15 is 0 Å². The Balaban J connectivity index is 2.08. The molecule has 0 unspecified atom stereocenters. The number of hydrogen-bond acceptors (Lipinski definition) is 2. The second-order valence-electron chi connectivity index (χ2n) is 4.38. The molecule has 3 rings (SSSR count). The summed E-state index contributed by atoms with van der Waals surface area (Å²) in [4.78, 5) is 1.42. The number of aromatic nitrogens is 1. The Morgan fingerprint density at radius 2 is 2.00 bits per heavy atom. The number of nitrogens with zero attached hydrogens (tertiary/aromatic N) is 1. The number of rotatable bonds is 2. The lowest BCUT2D eigenvalue weighted by Crippen LogP contribution is -2.32. The maximum atomic E-state index is 5.21. The average molecular weight is 246 g/mol. The van der Waals surface area contributed by atoms with Gasteiger partial charge in [-0.1, -0.05) is 11.3 Å². The number of thiazole rings is 1. The minimum Gasteiger partial charge on any atom is -0.497 e. The van der Waals surface area contributed by atoms with Crippen LogP contribution in [0, 0.1) is 6.92 Å². The number of methoxy groups -OCH3 is 1. The van der Waals surface area contributed by atoms with Crippen LogP contribution in [0.5, 0.6) is 5.75 Å². The summed E-state index contributed by atoms with van der Waals surface area (Å²) in [6, 6.07) is 8.38. The van der Waals surface area contributed by atoms with Gasteiger partial charge in [0.15, 0.2) is 6.54 Å². The normalized spacial score (nSPS) is 13.8. The highest BCUT2D eigenvalue weighted by Gasteiger charge is 2.29. The molecule has 2 heterocycles. The number of hydrogen-bond donors (Lipinski definition) is 0. The van der Waals surface area contributed by atoms with Gasteiger partial charge in [0.2, 0.25) is 10.7 Å². The molecule has 0 fully saturated rings. The van der Waals surface area contributed by atoms with Crippen LogP contribution in [-0.4, -0.2) is 7.11 Å². The Morgan fingerprint density at radius 1 is 1.24 bits per heavy atom. The monoisotopic (exact) mass is 246 g/mol. The summed E-state index contributed by atoms with van der Waals surface area (Å²) >= 11 is 1.94. The van der Waals surface area contributed by atoms with E-state index in [-0.39, 0.29) is 0 Å². The van der Waals surface area contributed by atoms with Crippen molar-refractivity contribution in [3.63, 3.8) is 0 Å². The Morgan fingerprint density at radius 3 is 2.71 bits per heavy atom. The van der Waals surface area contributed by atoms with Gasteiger partial charge < -0.3 is 4.74 Å². The quantitative estimate of drug-likeness (QED) is 0.743. The van der Waals surface area contributed by atoms with Crippen LogP contribution >= 0.6 is 11.3 Å². The van der Waals surface area contributed by atoms with E-state index in [1.807, 2.05) is 23.5 Å². The maximum Gasteiger partial charge on any atom is 0.238 e. The second-order valence-corrected chi connectivity index (χ2v) is 5.67. The fourth-order valence-corrected chi connectivity index (χ4v) is 3.73. The van der Waals surface area contributed by atoms with Crippen LogP contribution in [0.2, 0.25) is 0 Å². The van der Waals surface area contributed by atoms with Crippen molar-refractivity contribution in [2.24, 2.45) is 0 Å². The second kappa shape index (κ2) is 4.15. The third kappa shape index (κ3) is 1.75. The molecular weight excluding hydrogens is 230 g/mol. The molecule has 0 radical (unpaired) electrons. The van der Waals surface area contributed by atoms with Crippen molar-refractivity contribution in [3.05, 3.63) is 34.2 Å². The van der Waals surface area contributed by atoms with Crippen molar-refractivity contribution in [1.82, 2.24) is 0 Å². The predicted molar refractivity (Wildman–Crippen MR) is 69.6 cm³/mol. The molecular formula is C14H16NOS+. The first-order chi connectivity index (χ1) is 8.29. The topological polar surface area (TPSA) is 13.1 Å². The zero-order valence-corrected chi connectivity index (χ0v) is 11.0. The van der Waals surface area contributed by atoms with E-state index in [1.165, 1.54) is 40.5 Å². The standard InChI is InChI=1S/C14H16NOS/c1-10-14(15-9-3-4-13(15)17-10)11-5-7-12(16-2)8-6-11/h5-8H,3-4,9H2,1-2H3/q+1. The van der Waals surface area contributed by atoms with E-state index in [0.717, 1.165) is 5.75 Å². The molecule has 17 heavy (non-hydrogen) atoms. The Kier molecular flexibility index (Phi) is 2.63. The Bertz CT molecular complexity index is 542. The van der Waals surface area contributed by atoms with Gasteiger partial charge in [-0.15, -0.1) is 0 Å². The highest BCUT2D eigenvalue weighted by Crippen LogP contribution is 2.30. The molecule has 0 amide bonds. The molecule has 1 aromatic heterocycles. The number of aryl methyl sites for hydroxylation is 2.